The number of halogens is 1. The van der Waals surface area contributed by atoms with Crippen LogP contribution < -0.4 is 12.4 Å². The molecule has 0 heterocycles. The predicted molar refractivity (Wildman–Crippen MR) is 45.3 cm³/mol. The average molecular weight is 248 g/mol. The van der Waals surface area contributed by atoms with E-state index in [9.17, 15) is 0 Å². The molecule has 0 rings (SSSR count). The summed E-state index contributed by atoms with van der Waals surface area (Å²) in [5.74, 6) is 0. The highest BCUT2D eigenvalue weighted by molar-refractivity contribution is 4.15. The van der Waals surface area contributed by atoms with E-state index in [0.717, 1.165) is 0 Å². The molecule has 94 valence electrons. The second kappa shape index (κ2) is 10.5. The lowest BCUT2D eigenvalue weighted by atomic mass is 10.8. The van der Waals surface area contributed by atoms with Crippen LogP contribution in [0.1, 0.15) is 0 Å². The van der Waals surface area contributed by atoms with Crippen molar-refractivity contribution in [2.75, 3.05) is 46.7 Å². The molecule has 0 aromatic carbocycles. The maximum absolute atomic E-state index is 8.54. The van der Waals surface area contributed by atoms with Gasteiger partial charge in [0, 0.05) is 0 Å². The van der Waals surface area contributed by atoms with Crippen LogP contribution in [0.15, 0.2) is 0 Å². The van der Waals surface area contributed by atoms with Gasteiger partial charge in [-0.15, -0.1) is 14.5 Å². The van der Waals surface area contributed by atoms with Gasteiger partial charge in [0.1, 0.15) is 19.8 Å². The zero-order chi connectivity index (χ0) is 10.9. The molecule has 0 aromatic rings. The van der Waals surface area contributed by atoms with Crippen molar-refractivity contribution in [2.24, 2.45) is 0 Å². The van der Waals surface area contributed by atoms with Gasteiger partial charge in [0.05, 0.1) is 24.8 Å². The Labute approximate surface area is 94.6 Å². The van der Waals surface area contributed by atoms with E-state index in [2.05, 4.69) is 0 Å². The lowest BCUT2D eigenvalue weighted by Gasteiger charge is -2.24. The van der Waals surface area contributed by atoms with Crippen LogP contribution in [0.4, 0.5) is 0 Å². The number of hydrogen-bond acceptors (Lipinski definition) is 6. The molecule has 0 bridgehead atoms. The van der Waals surface area contributed by atoms with Crippen LogP contribution in [0.25, 0.3) is 0 Å². The lowest BCUT2D eigenvalue weighted by molar-refractivity contribution is -1.36. The largest absolute Gasteiger partial charge is 1.00 e. The molecular weight excluding hydrogens is 230 g/mol. The summed E-state index contributed by atoms with van der Waals surface area (Å²) in [6, 6.07) is 0. The number of hydrogen-bond donors (Lipinski definition) is 3. The van der Waals surface area contributed by atoms with Gasteiger partial charge in [-0.1, -0.05) is 0 Å². The van der Waals surface area contributed by atoms with Gasteiger partial charge in [-0.3, -0.25) is 0 Å². The molecule has 0 aliphatic heterocycles. The van der Waals surface area contributed by atoms with Crippen LogP contribution in [-0.2, 0) is 14.5 Å². The molecule has 0 aliphatic rings. The SMILES string of the molecule is C[N+](OCCO)(OCCO)OCCO.[Cl-]. The first-order valence-electron chi connectivity index (χ1n) is 4.31. The summed E-state index contributed by atoms with van der Waals surface area (Å²) in [7, 11) is 1.45. The molecule has 0 radical (unpaired) electrons. The molecule has 0 aromatic heterocycles. The van der Waals surface area contributed by atoms with Gasteiger partial charge in [-0.25, -0.2) is 0 Å². The van der Waals surface area contributed by atoms with E-state index in [1.54, 1.807) is 0 Å². The fourth-order valence-electron chi connectivity index (χ4n) is 0.732. The van der Waals surface area contributed by atoms with Crippen LogP contribution in [0.2, 0.25) is 0 Å². The quantitative estimate of drug-likeness (QED) is 0.280. The Bertz CT molecular complexity index is 117. The van der Waals surface area contributed by atoms with Crippen molar-refractivity contribution in [1.29, 1.82) is 0 Å². The molecule has 0 saturated heterocycles. The number of rotatable bonds is 9. The molecule has 0 unspecified atom stereocenters. The normalized spacial score (nSPS) is 11.2. The summed E-state index contributed by atoms with van der Waals surface area (Å²) >= 11 is 0. The highest BCUT2D eigenvalue weighted by Gasteiger charge is 2.27. The molecule has 3 N–H and O–H groups in total. The van der Waals surface area contributed by atoms with Crippen molar-refractivity contribution in [3.8, 4) is 0 Å². The summed E-state index contributed by atoms with van der Waals surface area (Å²) in [6.07, 6.45) is 0. The van der Waals surface area contributed by atoms with Gasteiger partial charge in [0.25, 0.3) is 0 Å². The van der Waals surface area contributed by atoms with Gasteiger partial charge in [0.15, 0.2) is 7.05 Å². The monoisotopic (exact) mass is 247 g/mol. The average Bonchev–Trinajstić information content (AvgIpc) is 2.21. The zero-order valence-electron chi connectivity index (χ0n) is 8.63. The lowest BCUT2D eigenvalue weighted by Crippen LogP contribution is -3.00. The van der Waals surface area contributed by atoms with E-state index in [1.165, 1.54) is 7.05 Å². The summed E-state index contributed by atoms with van der Waals surface area (Å²) in [5.41, 5.74) is 0. The molecule has 8 heteroatoms. The minimum absolute atomic E-state index is 0. The third-order valence-electron chi connectivity index (χ3n) is 1.25. The second-order valence-corrected chi connectivity index (χ2v) is 2.44. The highest BCUT2D eigenvalue weighted by Crippen LogP contribution is 2.06. The Morgan fingerprint density at radius 3 is 1.27 bits per heavy atom. The molecule has 0 atom stereocenters. The van der Waals surface area contributed by atoms with Crippen molar-refractivity contribution < 1.29 is 47.2 Å². The predicted octanol–water partition coefficient (Wildman–Crippen LogP) is -4.79. The van der Waals surface area contributed by atoms with Gasteiger partial charge in [-0.05, 0) is 0 Å². The van der Waals surface area contributed by atoms with E-state index in [0.29, 0.717) is 0 Å². The first kappa shape index (κ1) is 17.4. The fourth-order valence-corrected chi connectivity index (χ4v) is 0.732. The Kier molecular flexibility index (Phi) is 12.2. The number of aliphatic hydroxyl groups excluding tert-OH is 3. The highest BCUT2D eigenvalue weighted by atomic mass is 35.5. The summed E-state index contributed by atoms with van der Waals surface area (Å²) < 4.78 is 0. The van der Waals surface area contributed by atoms with E-state index >= 15 is 0 Å². The van der Waals surface area contributed by atoms with E-state index in [4.69, 9.17) is 29.8 Å². The van der Waals surface area contributed by atoms with E-state index < -0.39 is 4.97 Å². The van der Waals surface area contributed by atoms with Crippen molar-refractivity contribution >= 4 is 0 Å². The Morgan fingerprint density at radius 2 is 1.07 bits per heavy atom. The minimum atomic E-state index is -0.665. The third-order valence-corrected chi connectivity index (χ3v) is 1.25. The molecular formula is C7H18ClNO6. The first-order chi connectivity index (χ1) is 6.68. The Hall–Kier alpha value is 0.01000. The first-order valence-corrected chi connectivity index (χ1v) is 4.31. The van der Waals surface area contributed by atoms with Gasteiger partial charge >= 0.3 is 0 Å². The Balaban J connectivity index is 0. The van der Waals surface area contributed by atoms with E-state index in [1.807, 2.05) is 0 Å². The zero-order valence-corrected chi connectivity index (χ0v) is 9.39. The maximum Gasteiger partial charge on any atom is 0.168 e. The van der Waals surface area contributed by atoms with Crippen molar-refractivity contribution in [1.82, 2.24) is 0 Å². The van der Waals surface area contributed by atoms with Crippen molar-refractivity contribution in [3.05, 3.63) is 0 Å². The maximum atomic E-state index is 8.54. The van der Waals surface area contributed by atoms with Crippen molar-refractivity contribution in [3.63, 3.8) is 0 Å². The molecule has 0 saturated carbocycles. The summed E-state index contributed by atoms with van der Waals surface area (Å²) in [6.45, 7) is -0.398. The standard InChI is InChI=1S/C7H18NO6.ClH/c1-8(12-5-2-9,13-6-3-10)14-7-4-11;/h9-11H,2-7H2,1H3;1H/q+1;/p-1. The van der Waals surface area contributed by atoms with Crippen molar-refractivity contribution in [2.45, 2.75) is 0 Å². The second-order valence-electron chi connectivity index (χ2n) is 2.44. The van der Waals surface area contributed by atoms with Gasteiger partial charge in [-0.2, -0.15) is 0 Å². The number of aliphatic hydroxyl groups is 3. The van der Waals surface area contributed by atoms with Crippen LogP contribution in [0, 0.1) is 0 Å². The number of quaternary nitrogens is 1. The Morgan fingerprint density at radius 1 is 0.800 bits per heavy atom. The van der Waals surface area contributed by atoms with Gasteiger partial charge in [0.2, 0.25) is 0 Å². The topological polar surface area (TPSA) is 88.4 Å². The minimum Gasteiger partial charge on any atom is -1.00 e. The number of hydroxylamine groups is 3. The molecule has 0 spiro atoms. The third kappa shape index (κ3) is 8.97. The molecule has 0 fully saturated rings. The number of nitrogens with zero attached hydrogens (tertiary/aromatic N) is 1. The molecule has 15 heavy (non-hydrogen) atoms. The smallest absolute Gasteiger partial charge is 0.168 e. The molecule has 0 aliphatic carbocycles. The molecule has 7 nitrogen and oxygen atoms in total. The van der Waals surface area contributed by atoms with Crippen LogP contribution in [-0.4, -0.2) is 67.0 Å². The summed E-state index contributed by atoms with van der Waals surface area (Å²) in [4.78, 5) is 14.3. The van der Waals surface area contributed by atoms with E-state index in [-0.39, 0.29) is 52.0 Å². The van der Waals surface area contributed by atoms with Crippen LogP contribution >= 0.6 is 0 Å². The van der Waals surface area contributed by atoms with Gasteiger partial charge < -0.3 is 27.7 Å². The molecule has 0 amide bonds. The van der Waals surface area contributed by atoms with Crippen LogP contribution in [0.3, 0.4) is 0 Å². The summed E-state index contributed by atoms with van der Waals surface area (Å²) in [5, 5.41) is 25.6. The van der Waals surface area contributed by atoms with Crippen LogP contribution in [0.5, 0.6) is 0 Å². The fraction of sp³-hybridized carbons (Fsp3) is 1.00.